The molecule has 3 nitrogen and oxygen atoms in total. The van der Waals surface area contributed by atoms with Crippen molar-refractivity contribution in [1.82, 2.24) is 14.9 Å². The summed E-state index contributed by atoms with van der Waals surface area (Å²) in [4.78, 5) is 4.38. The molecule has 1 N–H and O–H groups in total. The highest BCUT2D eigenvalue weighted by atomic mass is 79.9. The van der Waals surface area contributed by atoms with Crippen molar-refractivity contribution < 1.29 is 0 Å². The second-order valence-electron chi connectivity index (χ2n) is 3.18. The van der Waals surface area contributed by atoms with Gasteiger partial charge in [0.25, 0.3) is 0 Å². The molecule has 0 aliphatic rings. The van der Waals surface area contributed by atoms with Crippen LogP contribution in [0.4, 0.5) is 0 Å². The molecule has 0 radical (unpaired) electrons. The van der Waals surface area contributed by atoms with E-state index in [0.717, 1.165) is 23.2 Å². The lowest BCUT2D eigenvalue weighted by atomic mass is 10.3. The summed E-state index contributed by atoms with van der Waals surface area (Å²) in [5, 5.41) is 4.30. The molecule has 2 rings (SSSR count). The maximum absolute atomic E-state index is 4.38. The summed E-state index contributed by atoms with van der Waals surface area (Å²) in [6, 6.07) is 4.17. The number of nitrogens with zero attached hydrogens (tertiary/aromatic N) is 2. The van der Waals surface area contributed by atoms with Gasteiger partial charge in [-0.05, 0) is 35.1 Å². The third-order valence-corrected chi connectivity index (χ3v) is 2.60. The first-order valence-corrected chi connectivity index (χ1v) is 5.35. The Bertz CT molecular complexity index is 436. The van der Waals surface area contributed by atoms with E-state index in [9.17, 15) is 0 Å². The standard InChI is InChI=1S/C10H12BrN3/c1-12-3-5-14-4-2-8-6-9(11)7-13-10(8)14/h2,4,6-7,12H,3,5H2,1H3. The molecule has 0 saturated carbocycles. The van der Waals surface area contributed by atoms with E-state index < -0.39 is 0 Å². The summed E-state index contributed by atoms with van der Waals surface area (Å²) < 4.78 is 3.18. The van der Waals surface area contributed by atoms with E-state index in [1.807, 2.05) is 13.2 Å². The number of likely N-dealkylation sites (N-methyl/N-ethyl adjacent to an activating group) is 1. The number of nitrogens with one attached hydrogen (secondary N) is 1. The van der Waals surface area contributed by atoms with Gasteiger partial charge in [-0.2, -0.15) is 0 Å². The van der Waals surface area contributed by atoms with Crippen LogP contribution in [0.5, 0.6) is 0 Å². The van der Waals surface area contributed by atoms with Crippen molar-refractivity contribution >= 4 is 27.0 Å². The third kappa shape index (κ3) is 1.81. The highest BCUT2D eigenvalue weighted by Gasteiger charge is 2.01. The lowest BCUT2D eigenvalue weighted by molar-refractivity contribution is 0.658. The van der Waals surface area contributed by atoms with E-state index in [-0.39, 0.29) is 0 Å². The van der Waals surface area contributed by atoms with Crippen LogP contribution in [0.1, 0.15) is 0 Å². The van der Waals surface area contributed by atoms with Crippen molar-refractivity contribution in [3.63, 3.8) is 0 Å². The SMILES string of the molecule is CNCCn1ccc2cc(Br)cnc21. The van der Waals surface area contributed by atoms with Gasteiger partial charge in [-0.1, -0.05) is 0 Å². The number of aromatic nitrogens is 2. The molecule has 0 unspecified atom stereocenters. The predicted molar refractivity (Wildman–Crippen MR) is 61.4 cm³/mol. The average Bonchev–Trinajstić information content (AvgIpc) is 2.57. The molecular formula is C10H12BrN3. The van der Waals surface area contributed by atoms with Crippen LogP contribution >= 0.6 is 15.9 Å². The summed E-state index contributed by atoms with van der Waals surface area (Å²) in [5.41, 5.74) is 1.04. The van der Waals surface area contributed by atoms with Crippen molar-refractivity contribution in [2.75, 3.05) is 13.6 Å². The summed E-state index contributed by atoms with van der Waals surface area (Å²) in [6.07, 6.45) is 3.90. The van der Waals surface area contributed by atoms with Crippen molar-refractivity contribution in [2.24, 2.45) is 0 Å². The lowest BCUT2D eigenvalue weighted by Gasteiger charge is -2.03. The topological polar surface area (TPSA) is 29.9 Å². The maximum atomic E-state index is 4.38. The second-order valence-corrected chi connectivity index (χ2v) is 4.09. The van der Waals surface area contributed by atoms with Gasteiger partial charge in [-0.3, -0.25) is 0 Å². The van der Waals surface area contributed by atoms with Crippen LogP contribution in [0.3, 0.4) is 0 Å². The Hall–Kier alpha value is -0.870. The van der Waals surface area contributed by atoms with E-state index in [0.29, 0.717) is 0 Å². The Morgan fingerprint density at radius 2 is 2.43 bits per heavy atom. The predicted octanol–water partition coefficient (Wildman–Crippen LogP) is 2.02. The molecule has 4 heteroatoms. The smallest absolute Gasteiger partial charge is 0.139 e. The first kappa shape index (κ1) is 9.68. The molecule has 74 valence electrons. The highest BCUT2D eigenvalue weighted by molar-refractivity contribution is 9.10. The molecule has 2 aromatic rings. The fourth-order valence-electron chi connectivity index (χ4n) is 1.46. The molecule has 0 atom stereocenters. The van der Waals surface area contributed by atoms with Gasteiger partial charge in [0.05, 0.1) is 0 Å². The molecule has 0 fully saturated rings. The second kappa shape index (κ2) is 4.11. The lowest BCUT2D eigenvalue weighted by Crippen LogP contribution is -2.14. The van der Waals surface area contributed by atoms with Crippen LogP contribution in [0.15, 0.2) is 29.0 Å². The first-order chi connectivity index (χ1) is 6.81. The number of hydrogen-bond acceptors (Lipinski definition) is 2. The zero-order valence-corrected chi connectivity index (χ0v) is 9.58. The molecule has 14 heavy (non-hydrogen) atoms. The average molecular weight is 254 g/mol. The minimum absolute atomic E-state index is 0.953. The van der Waals surface area contributed by atoms with Crippen LogP contribution in [-0.2, 0) is 6.54 Å². The Labute approximate surface area is 91.3 Å². The van der Waals surface area contributed by atoms with Gasteiger partial charge in [0.15, 0.2) is 0 Å². The Balaban J connectivity index is 2.37. The molecule has 0 aromatic carbocycles. The van der Waals surface area contributed by atoms with Gasteiger partial charge >= 0.3 is 0 Å². The van der Waals surface area contributed by atoms with E-state index >= 15 is 0 Å². The molecule has 0 bridgehead atoms. The normalized spacial score (nSPS) is 11.0. The molecular weight excluding hydrogens is 242 g/mol. The summed E-state index contributed by atoms with van der Waals surface area (Å²) in [5.74, 6) is 0. The minimum atomic E-state index is 0.953. The number of pyridine rings is 1. The number of halogens is 1. The summed E-state index contributed by atoms with van der Waals surface area (Å²) >= 11 is 3.41. The zero-order chi connectivity index (χ0) is 9.97. The van der Waals surface area contributed by atoms with Crippen LogP contribution in [0.25, 0.3) is 11.0 Å². The number of rotatable bonds is 3. The van der Waals surface area contributed by atoms with Crippen LogP contribution in [0, 0.1) is 0 Å². The first-order valence-electron chi connectivity index (χ1n) is 4.56. The van der Waals surface area contributed by atoms with Gasteiger partial charge in [0.1, 0.15) is 5.65 Å². The molecule has 2 aromatic heterocycles. The minimum Gasteiger partial charge on any atom is -0.331 e. The summed E-state index contributed by atoms with van der Waals surface area (Å²) in [7, 11) is 1.95. The van der Waals surface area contributed by atoms with E-state index in [1.54, 1.807) is 0 Å². The Kier molecular flexibility index (Phi) is 2.84. The van der Waals surface area contributed by atoms with Crippen molar-refractivity contribution in [1.29, 1.82) is 0 Å². The van der Waals surface area contributed by atoms with E-state index in [2.05, 4.69) is 49.1 Å². The van der Waals surface area contributed by atoms with Crippen LogP contribution < -0.4 is 5.32 Å². The molecule has 0 spiro atoms. The van der Waals surface area contributed by atoms with E-state index in [1.165, 1.54) is 5.39 Å². The Morgan fingerprint density at radius 3 is 3.21 bits per heavy atom. The fourth-order valence-corrected chi connectivity index (χ4v) is 1.81. The van der Waals surface area contributed by atoms with Crippen LogP contribution in [0.2, 0.25) is 0 Å². The number of hydrogen-bond donors (Lipinski definition) is 1. The largest absolute Gasteiger partial charge is 0.331 e. The van der Waals surface area contributed by atoms with Crippen molar-refractivity contribution in [3.8, 4) is 0 Å². The van der Waals surface area contributed by atoms with E-state index in [4.69, 9.17) is 0 Å². The van der Waals surface area contributed by atoms with Crippen LogP contribution in [-0.4, -0.2) is 23.1 Å². The van der Waals surface area contributed by atoms with Gasteiger partial charge in [0, 0.05) is 35.3 Å². The highest BCUT2D eigenvalue weighted by Crippen LogP contribution is 2.17. The van der Waals surface area contributed by atoms with Crippen molar-refractivity contribution in [3.05, 3.63) is 29.0 Å². The van der Waals surface area contributed by atoms with Gasteiger partial charge in [-0.25, -0.2) is 4.98 Å². The fraction of sp³-hybridized carbons (Fsp3) is 0.300. The maximum Gasteiger partial charge on any atom is 0.139 e. The summed E-state index contributed by atoms with van der Waals surface area (Å²) in [6.45, 7) is 1.91. The van der Waals surface area contributed by atoms with Gasteiger partial charge < -0.3 is 9.88 Å². The monoisotopic (exact) mass is 253 g/mol. The Morgan fingerprint density at radius 1 is 1.57 bits per heavy atom. The third-order valence-electron chi connectivity index (χ3n) is 2.17. The molecule has 0 amide bonds. The number of fused-ring (bicyclic) bond motifs is 1. The van der Waals surface area contributed by atoms with Gasteiger partial charge in [0.2, 0.25) is 0 Å². The molecule has 2 heterocycles. The van der Waals surface area contributed by atoms with Crippen molar-refractivity contribution in [2.45, 2.75) is 6.54 Å². The van der Waals surface area contributed by atoms with Gasteiger partial charge in [-0.15, -0.1) is 0 Å². The molecule has 0 aliphatic heterocycles. The molecule has 0 aliphatic carbocycles. The zero-order valence-electron chi connectivity index (χ0n) is 8.00. The quantitative estimate of drug-likeness (QED) is 0.908. The molecule has 0 saturated heterocycles.